The molecule has 1 aromatic heterocycles. The van der Waals surface area contributed by atoms with Gasteiger partial charge in [-0.3, -0.25) is 0 Å². The van der Waals surface area contributed by atoms with Gasteiger partial charge in [0.05, 0.1) is 0 Å². The molecule has 0 atom stereocenters. The molecule has 0 aliphatic rings. The predicted molar refractivity (Wildman–Crippen MR) is 78.2 cm³/mol. The number of aromatic nitrogens is 2. The maximum Gasteiger partial charge on any atom is 0.224 e. The van der Waals surface area contributed by atoms with Gasteiger partial charge >= 0.3 is 0 Å². The monoisotopic (exact) mass is 250 g/mol. The van der Waals surface area contributed by atoms with Gasteiger partial charge in [-0.1, -0.05) is 20.8 Å². The third-order valence-corrected chi connectivity index (χ3v) is 3.61. The number of hydrogen-bond acceptors (Lipinski definition) is 4. The quantitative estimate of drug-likeness (QED) is 0.776. The molecule has 4 heteroatoms. The van der Waals surface area contributed by atoms with Crippen molar-refractivity contribution in [2.75, 3.05) is 17.2 Å². The second kappa shape index (κ2) is 6.57. The van der Waals surface area contributed by atoms with Gasteiger partial charge in [-0.2, -0.15) is 4.98 Å². The maximum absolute atomic E-state index is 4.52. The van der Waals surface area contributed by atoms with Gasteiger partial charge in [-0.15, -0.1) is 0 Å². The minimum absolute atomic E-state index is 0.143. The summed E-state index contributed by atoms with van der Waals surface area (Å²) in [7, 11) is 0. The van der Waals surface area contributed by atoms with E-state index in [4.69, 9.17) is 0 Å². The molecule has 18 heavy (non-hydrogen) atoms. The van der Waals surface area contributed by atoms with Crippen molar-refractivity contribution in [3.63, 3.8) is 0 Å². The minimum Gasteiger partial charge on any atom is -0.364 e. The van der Waals surface area contributed by atoms with Crippen molar-refractivity contribution in [2.45, 2.75) is 59.4 Å². The van der Waals surface area contributed by atoms with E-state index in [2.05, 4.69) is 41.4 Å². The summed E-state index contributed by atoms with van der Waals surface area (Å²) in [6.07, 6.45) is 3.29. The minimum atomic E-state index is 0.143. The van der Waals surface area contributed by atoms with Crippen molar-refractivity contribution in [3.05, 3.63) is 11.8 Å². The zero-order valence-electron chi connectivity index (χ0n) is 12.3. The van der Waals surface area contributed by atoms with E-state index in [0.717, 1.165) is 37.3 Å². The topological polar surface area (TPSA) is 49.8 Å². The van der Waals surface area contributed by atoms with E-state index in [9.17, 15) is 0 Å². The first-order chi connectivity index (χ1) is 8.59. The van der Waals surface area contributed by atoms with Gasteiger partial charge in [0.15, 0.2) is 0 Å². The van der Waals surface area contributed by atoms with Crippen LogP contribution in [0.15, 0.2) is 6.07 Å². The first-order valence-corrected chi connectivity index (χ1v) is 6.96. The molecule has 0 radical (unpaired) electrons. The summed E-state index contributed by atoms with van der Waals surface area (Å²) in [4.78, 5) is 8.89. The molecule has 102 valence electrons. The summed E-state index contributed by atoms with van der Waals surface area (Å²) in [5.41, 5.74) is 1.13. The van der Waals surface area contributed by atoms with Crippen molar-refractivity contribution in [2.24, 2.45) is 0 Å². The largest absolute Gasteiger partial charge is 0.364 e. The number of rotatable bonds is 7. The van der Waals surface area contributed by atoms with E-state index in [1.54, 1.807) is 0 Å². The Bertz CT molecular complexity index is 364. The summed E-state index contributed by atoms with van der Waals surface area (Å²) in [5.74, 6) is 1.63. The van der Waals surface area contributed by atoms with Gasteiger partial charge in [-0.25, -0.2) is 4.98 Å². The molecule has 0 unspecified atom stereocenters. The van der Waals surface area contributed by atoms with Crippen molar-refractivity contribution in [1.29, 1.82) is 0 Å². The number of nitrogens with zero attached hydrogens (tertiary/aromatic N) is 2. The van der Waals surface area contributed by atoms with Gasteiger partial charge in [0.2, 0.25) is 5.95 Å². The Kier molecular flexibility index (Phi) is 5.38. The molecule has 2 N–H and O–H groups in total. The highest BCUT2D eigenvalue weighted by Crippen LogP contribution is 2.25. The van der Waals surface area contributed by atoms with Crippen LogP contribution >= 0.6 is 0 Å². The van der Waals surface area contributed by atoms with Crippen LogP contribution in [0.2, 0.25) is 0 Å². The highest BCUT2D eigenvalue weighted by atomic mass is 15.2. The smallest absolute Gasteiger partial charge is 0.224 e. The first-order valence-electron chi connectivity index (χ1n) is 6.96. The van der Waals surface area contributed by atoms with Crippen LogP contribution in [-0.2, 0) is 0 Å². The third kappa shape index (κ3) is 3.59. The summed E-state index contributed by atoms with van der Waals surface area (Å²) >= 11 is 0. The molecular weight excluding hydrogens is 224 g/mol. The van der Waals surface area contributed by atoms with Gasteiger partial charge in [0.1, 0.15) is 5.82 Å². The summed E-state index contributed by atoms with van der Waals surface area (Å²) in [5, 5.41) is 6.76. The van der Waals surface area contributed by atoms with Gasteiger partial charge in [-0.05, 0) is 33.1 Å². The van der Waals surface area contributed by atoms with Crippen molar-refractivity contribution >= 4 is 11.8 Å². The number of nitrogens with one attached hydrogen (secondary N) is 2. The van der Waals surface area contributed by atoms with E-state index in [1.807, 2.05) is 19.9 Å². The van der Waals surface area contributed by atoms with Crippen molar-refractivity contribution in [3.8, 4) is 0 Å². The average molecular weight is 250 g/mol. The van der Waals surface area contributed by atoms with E-state index < -0.39 is 0 Å². The molecule has 0 spiro atoms. The van der Waals surface area contributed by atoms with Crippen LogP contribution in [-0.4, -0.2) is 22.1 Å². The van der Waals surface area contributed by atoms with E-state index in [1.165, 1.54) is 0 Å². The lowest BCUT2D eigenvalue weighted by Crippen LogP contribution is -2.36. The van der Waals surface area contributed by atoms with Crippen LogP contribution in [0, 0.1) is 6.92 Å². The van der Waals surface area contributed by atoms with E-state index in [0.29, 0.717) is 5.95 Å². The van der Waals surface area contributed by atoms with Crippen LogP contribution < -0.4 is 10.6 Å². The van der Waals surface area contributed by atoms with E-state index in [-0.39, 0.29) is 5.54 Å². The summed E-state index contributed by atoms with van der Waals surface area (Å²) < 4.78 is 0. The Balaban J connectivity index is 2.95. The highest BCUT2D eigenvalue weighted by molar-refractivity contribution is 5.44. The number of hydrogen-bond donors (Lipinski definition) is 2. The lowest BCUT2D eigenvalue weighted by atomic mass is 9.90. The molecule has 4 nitrogen and oxygen atoms in total. The Morgan fingerprint density at radius 2 is 1.67 bits per heavy atom. The lowest BCUT2D eigenvalue weighted by Gasteiger charge is -2.32. The molecule has 0 bridgehead atoms. The standard InChI is InChI=1S/C14H26N4/c1-6-14(7-2,8-3)18-12-10-11(5)16-13(17-12)15-9-4/h10H,6-9H2,1-5H3,(H2,15,16,17,18). The molecule has 0 saturated carbocycles. The molecule has 0 amide bonds. The van der Waals surface area contributed by atoms with Crippen LogP contribution in [0.1, 0.15) is 52.7 Å². The Hall–Kier alpha value is -1.32. The fourth-order valence-electron chi connectivity index (χ4n) is 2.16. The molecular formula is C14H26N4. The molecule has 1 rings (SSSR count). The Morgan fingerprint density at radius 3 is 2.17 bits per heavy atom. The third-order valence-electron chi connectivity index (χ3n) is 3.61. The predicted octanol–water partition coefficient (Wildman–Crippen LogP) is 3.60. The van der Waals surface area contributed by atoms with Crippen LogP contribution in [0.5, 0.6) is 0 Å². The maximum atomic E-state index is 4.52. The molecule has 0 fully saturated rings. The van der Waals surface area contributed by atoms with Crippen LogP contribution in [0.3, 0.4) is 0 Å². The molecule has 1 aromatic rings. The van der Waals surface area contributed by atoms with E-state index >= 15 is 0 Å². The summed E-state index contributed by atoms with van der Waals surface area (Å²) in [6.45, 7) is 11.5. The molecule has 0 aliphatic heterocycles. The first kappa shape index (κ1) is 14.7. The highest BCUT2D eigenvalue weighted by Gasteiger charge is 2.24. The molecule has 1 heterocycles. The fraction of sp³-hybridized carbons (Fsp3) is 0.714. The Morgan fingerprint density at radius 1 is 1.06 bits per heavy atom. The SMILES string of the molecule is CCNc1nc(C)cc(NC(CC)(CC)CC)n1. The summed E-state index contributed by atoms with van der Waals surface area (Å²) in [6, 6.07) is 2.01. The molecule has 0 saturated heterocycles. The van der Waals surface area contributed by atoms with Crippen LogP contribution in [0.4, 0.5) is 11.8 Å². The van der Waals surface area contributed by atoms with Gasteiger partial charge in [0.25, 0.3) is 0 Å². The van der Waals surface area contributed by atoms with Crippen LogP contribution in [0.25, 0.3) is 0 Å². The zero-order valence-corrected chi connectivity index (χ0v) is 12.3. The second-order valence-corrected chi connectivity index (χ2v) is 4.71. The van der Waals surface area contributed by atoms with Crippen molar-refractivity contribution < 1.29 is 0 Å². The van der Waals surface area contributed by atoms with Crippen molar-refractivity contribution in [1.82, 2.24) is 9.97 Å². The van der Waals surface area contributed by atoms with Gasteiger partial charge < -0.3 is 10.6 Å². The fourth-order valence-corrected chi connectivity index (χ4v) is 2.16. The second-order valence-electron chi connectivity index (χ2n) is 4.71. The average Bonchev–Trinajstić information content (AvgIpc) is 2.36. The number of anilines is 2. The molecule has 0 aliphatic carbocycles. The normalized spacial score (nSPS) is 11.4. The molecule has 0 aromatic carbocycles. The lowest BCUT2D eigenvalue weighted by molar-refractivity contribution is 0.419. The Labute approximate surface area is 111 Å². The number of aryl methyl sites for hydroxylation is 1. The zero-order chi connectivity index (χ0) is 13.6. The van der Waals surface area contributed by atoms with Gasteiger partial charge in [0, 0.05) is 23.8 Å².